The second kappa shape index (κ2) is 9.73. The fraction of sp³-hybridized carbons (Fsp3) is 0.350. The van der Waals surface area contributed by atoms with Crippen molar-refractivity contribution < 1.29 is 5.11 Å². The number of rotatable bonds is 7. The first kappa shape index (κ1) is 18.0. The van der Waals surface area contributed by atoms with E-state index in [0.717, 1.165) is 18.1 Å². The first-order valence-corrected chi connectivity index (χ1v) is 8.50. The first-order valence-electron chi connectivity index (χ1n) is 8.50. The SMILES string of the molecule is CCNC(=NCc1ccccc1C)NCCC(O)c1ccccc1. The summed E-state index contributed by atoms with van der Waals surface area (Å²) in [6, 6.07) is 18.0. The van der Waals surface area contributed by atoms with E-state index in [4.69, 9.17) is 0 Å². The normalized spacial score (nSPS) is 12.7. The van der Waals surface area contributed by atoms with Crippen LogP contribution in [0.25, 0.3) is 0 Å². The molecule has 24 heavy (non-hydrogen) atoms. The lowest BCUT2D eigenvalue weighted by Crippen LogP contribution is -2.38. The average Bonchev–Trinajstić information content (AvgIpc) is 2.61. The Labute approximate surface area is 144 Å². The largest absolute Gasteiger partial charge is 0.388 e. The molecule has 4 nitrogen and oxygen atoms in total. The monoisotopic (exact) mass is 325 g/mol. The molecule has 3 N–H and O–H groups in total. The summed E-state index contributed by atoms with van der Waals surface area (Å²) in [5.74, 6) is 0.779. The third-order valence-corrected chi connectivity index (χ3v) is 3.91. The van der Waals surface area contributed by atoms with Crippen molar-refractivity contribution in [2.24, 2.45) is 4.99 Å². The van der Waals surface area contributed by atoms with Crippen LogP contribution in [0.1, 0.15) is 36.1 Å². The molecule has 128 valence electrons. The number of guanidine groups is 1. The van der Waals surface area contributed by atoms with Crippen LogP contribution in [0.4, 0.5) is 0 Å². The van der Waals surface area contributed by atoms with Crippen molar-refractivity contribution in [3.63, 3.8) is 0 Å². The molecular weight excluding hydrogens is 298 g/mol. The Hall–Kier alpha value is -2.33. The van der Waals surface area contributed by atoms with Crippen LogP contribution in [0.5, 0.6) is 0 Å². The molecule has 0 heterocycles. The van der Waals surface area contributed by atoms with Crippen LogP contribution in [0.3, 0.4) is 0 Å². The minimum absolute atomic E-state index is 0.460. The number of aliphatic hydroxyl groups is 1. The summed E-state index contributed by atoms with van der Waals surface area (Å²) in [5, 5.41) is 16.7. The van der Waals surface area contributed by atoms with Crippen LogP contribution in [-0.2, 0) is 6.54 Å². The zero-order valence-electron chi connectivity index (χ0n) is 14.5. The minimum Gasteiger partial charge on any atom is -0.388 e. The summed E-state index contributed by atoms with van der Waals surface area (Å²) < 4.78 is 0. The zero-order valence-corrected chi connectivity index (χ0v) is 14.5. The standard InChI is InChI=1S/C20H27N3O/c1-3-21-20(23-15-18-12-8-7-9-16(18)2)22-14-13-19(24)17-10-5-4-6-11-17/h4-12,19,24H,3,13-15H2,1-2H3,(H2,21,22,23). The van der Waals surface area contributed by atoms with E-state index in [-0.39, 0.29) is 0 Å². The van der Waals surface area contributed by atoms with Gasteiger partial charge in [-0.2, -0.15) is 0 Å². The third-order valence-electron chi connectivity index (χ3n) is 3.91. The molecular formula is C20H27N3O. The molecule has 4 heteroatoms. The molecule has 0 amide bonds. The molecule has 0 aromatic heterocycles. The van der Waals surface area contributed by atoms with Gasteiger partial charge in [-0.3, -0.25) is 0 Å². The van der Waals surface area contributed by atoms with Crippen LogP contribution in [0.2, 0.25) is 0 Å². The fourth-order valence-electron chi connectivity index (χ4n) is 2.46. The van der Waals surface area contributed by atoms with E-state index in [9.17, 15) is 5.11 Å². The highest BCUT2D eigenvalue weighted by Crippen LogP contribution is 2.14. The molecule has 2 aromatic carbocycles. The van der Waals surface area contributed by atoms with Crippen LogP contribution in [0.15, 0.2) is 59.6 Å². The Balaban J connectivity index is 1.87. The van der Waals surface area contributed by atoms with E-state index < -0.39 is 6.10 Å². The molecule has 0 spiro atoms. The lowest BCUT2D eigenvalue weighted by atomic mass is 10.1. The van der Waals surface area contributed by atoms with E-state index in [2.05, 4.69) is 34.7 Å². The molecule has 2 aromatic rings. The van der Waals surface area contributed by atoms with Crippen molar-refractivity contribution >= 4 is 5.96 Å². The quantitative estimate of drug-likeness (QED) is 0.541. The van der Waals surface area contributed by atoms with Gasteiger partial charge in [-0.15, -0.1) is 0 Å². The van der Waals surface area contributed by atoms with Gasteiger partial charge in [-0.05, 0) is 37.0 Å². The summed E-state index contributed by atoms with van der Waals surface area (Å²) in [6.07, 6.45) is 0.177. The molecule has 0 fully saturated rings. The summed E-state index contributed by atoms with van der Waals surface area (Å²) in [4.78, 5) is 4.63. The topological polar surface area (TPSA) is 56.7 Å². The molecule has 0 bridgehead atoms. The lowest BCUT2D eigenvalue weighted by Gasteiger charge is -2.14. The van der Waals surface area contributed by atoms with Crippen LogP contribution < -0.4 is 10.6 Å². The van der Waals surface area contributed by atoms with Crippen LogP contribution >= 0.6 is 0 Å². The Morgan fingerprint density at radius 3 is 2.46 bits per heavy atom. The van der Waals surface area contributed by atoms with Gasteiger partial charge in [0.05, 0.1) is 12.6 Å². The molecule has 1 unspecified atom stereocenters. The van der Waals surface area contributed by atoms with Gasteiger partial charge in [0, 0.05) is 13.1 Å². The van der Waals surface area contributed by atoms with Gasteiger partial charge >= 0.3 is 0 Å². The number of aliphatic hydroxyl groups excluding tert-OH is 1. The molecule has 0 aliphatic carbocycles. The molecule has 0 saturated heterocycles. The number of nitrogens with one attached hydrogen (secondary N) is 2. The zero-order chi connectivity index (χ0) is 17.2. The number of nitrogens with zero attached hydrogens (tertiary/aromatic N) is 1. The fourth-order valence-corrected chi connectivity index (χ4v) is 2.46. The van der Waals surface area contributed by atoms with Crippen molar-refractivity contribution in [2.75, 3.05) is 13.1 Å². The van der Waals surface area contributed by atoms with Gasteiger partial charge in [0.2, 0.25) is 0 Å². The average molecular weight is 325 g/mol. The summed E-state index contributed by atoms with van der Waals surface area (Å²) in [7, 11) is 0. The predicted molar refractivity (Wildman–Crippen MR) is 100 cm³/mol. The summed E-state index contributed by atoms with van der Waals surface area (Å²) in [6.45, 7) is 6.25. The van der Waals surface area contributed by atoms with Crippen molar-refractivity contribution in [3.05, 3.63) is 71.3 Å². The van der Waals surface area contributed by atoms with Crippen LogP contribution in [-0.4, -0.2) is 24.2 Å². The molecule has 0 radical (unpaired) electrons. The minimum atomic E-state index is -0.460. The van der Waals surface area contributed by atoms with Gasteiger partial charge in [0.1, 0.15) is 0 Å². The van der Waals surface area contributed by atoms with Gasteiger partial charge < -0.3 is 15.7 Å². The lowest BCUT2D eigenvalue weighted by molar-refractivity contribution is 0.168. The molecule has 1 atom stereocenters. The summed E-state index contributed by atoms with van der Waals surface area (Å²) >= 11 is 0. The van der Waals surface area contributed by atoms with Gasteiger partial charge in [0.15, 0.2) is 5.96 Å². The van der Waals surface area contributed by atoms with E-state index in [0.29, 0.717) is 19.5 Å². The number of aryl methyl sites for hydroxylation is 1. The molecule has 2 rings (SSSR count). The van der Waals surface area contributed by atoms with Crippen LogP contribution in [0, 0.1) is 6.92 Å². The van der Waals surface area contributed by atoms with Gasteiger partial charge in [0.25, 0.3) is 0 Å². The van der Waals surface area contributed by atoms with Crippen molar-refractivity contribution in [1.29, 1.82) is 0 Å². The number of hydrogen-bond donors (Lipinski definition) is 3. The Bertz CT molecular complexity index is 640. The van der Waals surface area contributed by atoms with Crippen molar-refractivity contribution in [1.82, 2.24) is 10.6 Å². The maximum Gasteiger partial charge on any atom is 0.191 e. The third kappa shape index (κ3) is 5.70. The van der Waals surface area contributed by atoms with Crippen molar-refractivity contribution in [2.45, 2.75) is 32.9 Å². The first-order chi connectivity index (χ1) is 11.7. The molecule has 0 saturated carbocycles. The highest BCUT2D eigenvalue weighted by atomic mass is 16.3. The Morgan fingerprint density at radius 1 is 1.04 bits per heavy atom. The number of benzene rings is 2. The smallest absolute Gasteiger partial charge is 0.191 e. The second-order valence-corrected chi connectivity index (χ2v) is 5.76. The molecule has 0 aliphatic heterocycles. The maximum absolute atomic E-state index is 10.2. The Morgan fingerprint density at radius 2 is 1.75 bits per heavy atom. The van der Waals surface area contributed by atoms with Gasteiger partial charge in [-0.25, -0.2) is 4.99 Å². The maximum atomic E-state index is 10.2. The van der Waals surface area contributed by atoms with E-state index >= 15 is 0 Å². The molecule has 0 aliphatic rings. The highest BCUT2D eigenvalue weighted by molar-refractivity contribution is 5.79. The summed E-state index contributed by atoms with van der Waals surface area (Å²) in [5.41, 5.74) is 3.41. The van der Waals surface area contributed by atoms with E-state index in [1.165, 1.54) is 11.1 Å². The second-order valence-electron chi connectivity index (χ2n) is 5.76. The predicted octanol–water partition coefficient (Wildman–Crippen LogP) is 3.17. The number of aliphatic imine (C=N–C) groups is 1. The van der Waals surface area contributed by atoms with Gasteiger partial charge in [-0.1, -0.05) is 54.6 Å². The van der Waals surface area contributed by atoms with E-state index in [1.807, 2.05) is 49.4 Å². The number of hydrogen-bond acceptors (Lipinski definition) is 2. The van der Waals surface area contributed by atoms with E-state index in [1.54, 1.807) is 0 Å². The Kier molecular flexibility index (Phi) is 7.30. The van der Waals surface area contributed by atoms with Crippen molar-refractivity contribution in [3.8, 4) is 0 Å². The highest BCUT2D eigenvalue weighted by Gasteiger charge is 2.07.